The molecule has 2 aromatic rings. The van der Waals surface area contributed by atoms with Gasteiger partial charge in [-0.1, -0.05) is 25.6 Å². The lowest BCUT2D eigenvalue weighted by Gasteiger charge is -2.25. The first kappa shape index (κ1) is 25.4. The van der Waals surface area contributed by atoms with E-state index in [-0.39, 0.29) is 12.4 Å². The van der Waals surface area contributed by atoms with Gasteiger partial charge in [0.25, 0.3) is 0 Å². The lowest BCUT2D eigenvalue weighted by molar-refractivity contribution is -0.195. The normalized spacial score (nSPS) is 25.7. The summed E-state index contributed by atoms with van der Waals surface area (Å²) in [7, 11) is -6.12. The largest absolute Gasteiger partial charge is 0.421 e. The minimum Gasteiger partial charge on any atom is -0.383 e. The standard InChI is InChI=1S/C20H28N6O7SSi/c1-20(2)31-14-12(8-25-34(28,29)33-19(22)27)30-18(15(14)32-20)26-9-11(6-7-35(3,4)5)13-16(21)23-10-24-17(13)26/h9-10,12,14-15,18,25H,8H2,1-5H3,(H2,22,27)(H2,21,23,24)/t12-,14-,15-,18-/m1/s1. The lowest BCUT2D eigenvalue weighted by Crippen LogP contribution is -2.41. The second-order valence-electron chi connectivity index (χ2n) is 9.74. The van der Waals surface area contributed by atoms with Crippen molar-refractivity contribution in [2.75, 3.05) is 12.3 Å². The molecule has 0 bridgehead atoms. The number of carbonyl (C=O) groups is 1. The van der Waals surface area contributed by atoms with Gasteiger partial charge in [0.15, 0.2) is 12.0 Å². The van der Waals surface area contributed by atoms with Crippen LogP contribution < -0.4 is 16.2 Å². The monoisotopic (exact) mass is 524 g/mol. The van der Waals surface area contributed by atoms with E-state index in [2.05, 4.69) is 50.0 Å². The SMILES string of the molecule is CC1(C)O[C@@H]2[C@H](O1)[C@@H](CNS(=O)(=O)OC(N)=O)O[C@H]2n1cc(C#C[Si](C)(C)C)c2c(N)ncnc21. The van der Waals surface area contributed by atoms with E-state index in [4.69, 9.17) is 25.7 Å². The molecule has 4 rings (SSSR count). The minimum atomic E-state index is -4.42. The first-order valence-electron chi connectivity index (χ1n) is 10.8. The summed E-state index contributed by atoms with van der Waals surface area (Å²) in [5.41, 5.74) is 15.5. The first-order valence-corrected chi connectivity index (χ1v) is 15.7. The van der Waals surface area contributed by atoms with Crippen molar-refractivity contribution in [3.8, 4) is 11.5 Å². The van der Waals surface area contributed by atoms with E-state index in [0.717, 1.165) is 0 Å². The summed E-state index contributed by atoms with van der Waals surface area (Å²) in [6.07, 6.45) is -1.11. The molecule has 0 radical (unpaired) electrons. The summed E-state index contributed by atoms with van der Waals surface area (Å²) in [5, 5.41) is 0.593. The maximum atomic E-state index is 11.9. The summed E-state index contributed by atoms with van der Waals surface area (Å²) in [4.78, 5) is 19.4. The molecule has 5 N–H and O–H groups in total. The van der Waals surface area contributed by atoms with E-state index in [1.54, 1.807) is 24.6 Å². The van der Waals surface area contributed by atoms with Crippen LogP contribution in [0.1, 0.15) is 25.6 Å². The fraction of sp³-hybridized carbons (Fsp3) is 0.550. The molecule has 0 saturated carbocycles. The molecule has 4 heterocycles. The molecule has 0 spiro atoms. The Morgan fingerprint density at radius 3 is 2.63 bits per heavy atom. The van der Waals surface area contributed by atoms with Gasteiger partial charge in [-0.3, -0.25) is 0 Å². The Hall–Kier alpha value is -2.74. The average molecular weight is 525 g/mol. The van der Waals surface area contributed by atoms with Gasteiger partial charge in [0, 0.05) is 12.7 Å². The van der Waals surface area contributed by atoms with E-state index in [9.17, 15) is 13.2 Å². The maximum Gasteiger partial charge on any atom is 0.421 e. The Balaban J connectivity index is 1.71. The molecule has 15 heteroatoms. The molecular formula is C20H28N6O7SSi. The molecule has 2 fully saturated rings. The van der Waals surface area contributed by atoms with E-state index < -0.39 is 54.8 Å². The molecule has 4 atom stereocenters. The Morgan fingerprint density at radius 2 is 1.97 bits per heavy atom. The number of nitrogens with two attached hydrogens (primary N) is 2. The molecule has 0 aromatic carbocycles. The van der Waals surface area contributed by atoms with Gasteiger partial charge in [0.2, 0.25) is 0 Å². The Bertz CT molecular complexity index is 1330. The van der Waals surface area contributed by atoms with Crippen molar-refractivity contribution in [3.63, 3.8) is 0 Å². The van der Waals surface area contributed by atoms with Crippen molar-refractivity contribution >= 4 is 41.3 Å². The smallest absolute Gasteiger partial charge is 0.383 e. The zero-order chi connectivity index (χ0) is 25.8. The average Bonchev–Trinajstić information content (AvgIpc) is 3.32. The predicted molar refractivity (Wildman–Crippen MR) is 127 cm³/mol. The molecular weight excluding hydrogens is 496 g/mol. The molecule has 35 heavy (non-hydrogen) atoms. The second-order valence-corrected chi connectivity index (χ2v) is 15.9. The van der Waals surface area contributed by atoms with Crippen LogP contribution in [0.15, 0.2) is 12.5 Å². The number of hydrogen-bond donors (Lipinski definition) is 3. The maximum absolute atomic E-state index is 11.9. The van der Waals surface area contributed by atoms with Crippen molar-refractivity contribution in [2.45, 2.75) is 63.8 Å². The van der Waals surface area contributed by atoms with Crippen molar-refractivity contribution in [1.29, 1.82) is 0 Å². The fourth-order valence-electron chi connectivity index (χ4n) is 4.02. The van der Waals surface area contributed by atoms with Crippen LogP contribution in [-0.4, -0.2) is 67.8 Å². The minimum absolute atomic E-state index is 0.259. The molecule has 2 aliphatic rings. The molecule has 2 aromatic heterocycles. The van der Waals surface area contributed by atoms with E-state index in [1.165, 1.54) is 6.33 Å². The number of carbonyl (C=O) groups excluding carboxylic acids is 1. The Kier molecular flexibility index (Phi) is 6.32. The van der Waals surface area contributed by atoms with Gasteiger partial charge in [-0.25, -0.2) is 14.8 Å². The third-order valence-electron chi connectivity index (χ3n) is 5.26. The van der Waals surface area contributed by atoms with Crippen molar-refractivity contribution < 1.29 is 31.6 Å². The third-order valence-corrected chi connectivity index (χ3v) is 7.04. The quantitative estimate of drug-likeness (QED) is 0.369. The van der Waals surface area contributed by atoms with Crippen molar-refractivity contribution in [1.82, 2.24) is 19.3 Å². The lowest BCUT2D eigenvalue weighted by atomic mass is 10.1. The molecule has 1 amide bonds. The number of rotatable bonds is 5. The van der Waals surface area contributed by atoms with Crippen LogP contribution in [-0.2, 0) is 28.7 Å². The Morgan fingerprint density at radius 1 is 1.29 bits per heavy atom. The van der Waals surface area contributed by atoms with Gasteiger partial charge < -0.3 is 34.4 Å². The highest BCUT2D eigenvalue weighted by molar-refractivity contribution is 7.85. The van der Waals surface area contributed by atoms with Gasteiger partial charge >= 0.3 is 16.4 Å². The highest BCUT2D eigenvalue weighted by Gasteiger charge is 2.56. The third kappa shape index (κ3) is 5.42. The number of hydrogen-bond acceptors (Lipinski definition) is 10. The number of ether oxygens (including phenoxy) is 3. The summed E-state index contributed by atoms with van der Waals surface area (Å²) >= 11 is 0. The van der Waals surface area contributed by atoms with Crippen LogP contribution in [0.5, 0.6) is 0 Å². The van der Waals surface area contributed by atoms with E-state index >= 15 is 0 Å². The van der Waals surface area contributed by atoms with Crippen molar-refractivity contribution in [2.24, 2.45) is 5.73 Å². The van der Waals surface area contributed by atoms with Gasteiger partial charge in [-0.05, 0) is 13.8 Å². The summed E-state index contributed by atoms with van der Waals surface area (Å²) in [6, 6.07) is 0. The number of amides is 1. The van der Waals surface area contributed by atoms with Crippen LogP contribution >= 0.6 is 0 Å². The zero-order valence-electron chi connectivity index (χ0n) is 19.9. The zero-order valence-corrected chi connectivity index (χ0v) is 21.8. The second kappa shape index (κ2) is 8.73. The number of anilines is 1. The highest BCUT2D eigenvalue weighted by Crippen LogP contribution is 2.44. The molecule has 0 aliphatic carbocycles. The van der Waals surface area contributed by atoms with E-state index in [1.807, 2.05) is 0 Å². The summed E-state index contributed by atoms with van der Waals surface area (Å²) < 4.78 is 50.2. The van der Waals surface area contributed by atoms with Crippen LogP contribution in [0.25, 0.3) is 11.0 Å². The van der Waals surface area contributed by atoms with Gasteiger partial charge in [-0.15, -0.1) is 5.54 Å². The summed E-state index contributed by atoms with van der Waals surface area (Å²) in [6.45, 7) is 9.62. The highest BCUT2D eigenvalue weighted by atomic mass is 32.2. The number of nitrogens with one attached hydrogen (secondary N) is 1. The molecule has 2 aliphatic heterocycles. The van der Waals surface area contributed by atoms with Crippen LogP contribution in [0.3, 0.4) is 0 Å². The number of nitrogen functional groups attached to an aromatic ring is 1. The topological polar surface area (TPSA) is 183 Å². The van der Waals surface area contributed by atoms with E-state index in [0.29, 0.717) is 16.6 Å². The molecule has 13 nitrogen and oxygen atoms in total. The van der Waals surface area contributed by atoms with Crippen LogP contribution in [0.2, 0.25) is 19.6 Å². The van der Waals surface area contributed by atoms with Gasteiger partial charge in [-0.2, -0.15) is 13.1 Å². The number of primary amides is 1. The molecule has 0 unspecified atom stereocenters. The van der Waals surface area contributed by atoms with Crippen LogP contribution in [0, 0.1) is 11.5 Å². The van der Waals surface area contributed by atoms with Crippen molar-refractivity contribution in [3.05, 3.63) is 18.1 Å². The summed E-state index contributed by atoms with van der Waals surface area (Å²) in [5.74, 6) is 2.54. The van der Waals surface area contributed by atoms with Gasteiger partial charge in [0.05, 0.1) is 10.9 Å². The predicted octanol–water partition coefficient (Wildman–Crippen LogP) is 0.590. The van der Waals surface area contributed by atoms with Crippen LogP contribution in [0.4, 0.5) is 10.6 Å². The number of aromatic nitrogens is 3. The molecule has 2 saturated heterocycles. The molecule has 190 valence electrons. The first-order chi connectivity index (χ1) is 16.2. The Labute approximate surface area is 203 Å². The van der Waals surface area contributed by atoms with Gasteiger partial charge in [0.1, 0.15) is 44.2 Å². The number of fused-ring (bicyclic) bond motifs is 2. The fourth-order valence-corrected chi connectivity index (χ4v) is 5.17. The number of nitrogens with zero attached hydrogens (tertiary/aromatic N) is 3.